The van der Waals surface area contributed by atoms with Crippen molar-refractivity contribution in [1.82, 2.24) is 14.6 Å². The normalized spacial score (nSPS) is 22.4. The summed E-state index contributed by atoms with van der Waals surface area (Å²) in [5.74, 6) is -3.78. The molecule has 2 aromatic heterocycles. The number of benzene rings is 4. The highest BCUT2D eigenvalue weighted by Gasteiger charge is 2.60. The zero-order valence-electron chi connectivity index (χ0n) is 37.9. The fourth-order valence-electron chi connectivity index (χ4n) is 11.5. The first-order valence-corrected chi connectivity index (χ1v) is 25.9. The van der Waals surface area contributed by atoms with Crippen LogP contribution in [0.15, 0.2) is 77.2 Å². The van der Waals surface area contributed by atoms with Gasteiger partial charge in [-0.15, -0.1) is 11.3 Å². The molecule has 6 aromatic rings. The monoisotopic (exact) mass is 1010 g/mol. The number of nitrogens with one attached hydrogen (secondary N) is 2. The van der Waals surface area contributed by atoms with E-state index >= 15 is 0 Å². The molecule has 4 atom stereocenters. The molecule has 362 valence electrons. The minimum absolute atomic E-state index is 0.0128. The van der Waals surface area contributed by atoms with Crippen molar-refractivity contribution in [3.05, 3.63) is 99.4 Å². The van der Waals surface area contributed by atoms with Crippen LogP contribution < -0.4 is 25.2 Å². The number of carbonyl (C=O) groups excluding carboxylic acids is 3. The number of aromatic nitrogens is 1. The summed E-state index contributed by atoms with van der Waals surface area (Å²) >= 11 is 7.46. The van der Waals surface area contributed by atoms with Crippen LogP contribution in [0.4, 0.5) is 17.4 Å². The number of rotatable bonds is 13. The van der Waals surface area contributed by atoms with E-state index in [0.717, 1.165) is 46.2 Å². The predicted molar refractivity (Wildman–Crippen MR) is 262 cm³/mol. The standard InChI is InChI=1S/C50H47ClN6O11S2/c1-50(2)32-22-56(38(50)21-33(32)52-28-6-3-5-27(20-28)44-42(51)43(67-23-40(59)60)45(69-44)48(63)64)70(65,66)24-25-9-13-37-34(19-25)53-49(68-37)55-17-15-26(16-18-55)29-10-11-35-41-30(29)7-4-8-31(41)47(62)57(35)36-12-14-39(58)54-46(36)61/h3-11,13,19-20,26,32-33,36,38,52H,12,14-18,21-24H2,1-2H3,(H,59,60)(H,63,64)(H,54,58,61). The number of hydrogen-bond acceptors (Lipinski definition) is 13. The van der Waals surface area contributed by atoms with Crippen LogP contribution in [0, 0.1) is 11.3 Å². The number of anilines is 3. The number of hydrogen-bond donors (Lipinski definition) is 4. The number of ether oxygens (including phenoxy) is 1. The fourth-order valence-corrected chi connectivity index (χ4v) is 14.8. The van der Waals surface area contributed by atoms with Gasteiger partial charge in [-0.3, -0.25) is 24.6 Å². The average Bonchev–Trinajstić information content (AvgIpc) is 4.10. The van der Waals surface area contributed by atoms with E-state index in [1.165, 1.54) is 0 Å². The molecule has 3 saturated heterocycles. The molecule has 2 bridgehead atoms. The summed E-state index contributed by atoms with van der Waals surface area (Å²) < 4.78 is 41.6. The van der Waals surface area contributed by atoms with Gasteiger partial charge in [0, 0.05) is 54.8 Å². The van der Waals surface area contributed by atoms with E-state index < -0.39 is 40.5 Å². The lowest BCUT2D eigenvalue weighted by atomic mass is 9.82. The molecule has 3 amide bonds. The SMILES string of the molecule is CC1(C)C2CN(S(=O)(=O)Cc3ccc4oc(N5CCC(c6ccc7c8c(cccc68)C(=O)N7C6CCC(=O)NC6=O)CC5)nc4c3)C1CC2Nc1cccc(-c2sc(C(=O)O)c(OCC(=O)O)c2Cl)c1. The zero-order chi connectivity index (χ0) is 49.0. The Bertz CT molecular complexity index is 3330. The lowest BCUT2D eigenvalue weighted by molar-refractivity contribution is -0.139. The van der Waals surface area contributed by atoms with Gasteiger partial charge in [0.1, 0.15) is 16.6 Å². The van der Waals surface area contributed by atoms with Gasteiger partial charge in [-0.2, -0.15) is 9.29 Å². The molecule has 4 unspecified atom stereocenters. The molecule has 11 rings (SSSR count). The number of aliphatic carboxylic acids is 1. The maximum Gasteiger partial charge on any atom is 0.349 e. The molecule has 6 heterocycles. The van der Waals surface area contributed by atoms with E-state index in [1.54, 1.807) is 39.5 Å². The summed E-state index contributed by atoms with van der Waals surface area (Å²) in [7, 11) is -3.75. The second kappa shape index (κ2) is 17.1. The van der Waals surface area contributed by atoms with E-state index in [9.17, 15) is 37.5 Å². The van der Waals surface area contributed by atoms with Crippen molar-refractivity contribution in [2.24, 2.45) is 11.3 Å². The number of carbonyl (C=O) groups is 5. The van der Waals surface area contributed by atoms with E-state index in [4.69, 9.17) is 30.8 Å². The van der Waals surface area contributed by atoms with Gasteiger partial charge in [0.05, 0.1) is 16.3 Å². The van der Waals surface area contributed by atoms with Crippen LogP contribution in [-0.2, 0) is 30.2 Å². The topological polar surface area (TPSA) is 229 Å². The number of aromatic carboxylic acids is 1. The number of fused-ring (bicyclic) bond motifs is 3. The van der Waals surface area contributed by atoms with E-state index in [2.05, 4.69) is 35.4 Å². The molecule has 4 N–H and O–H groups in total. The second-order valence-corrected chi connectivity index (χ2v) is 22.7. The molecule has 4 aliphatic heterocycles. The van der Waals surface area contributed by atoms with Crippen molar-refractivity contribution in [2.75, 3.05) is 41.4 Å². The third-order valence-corrected chi connectivity index (χ3v) is 18.5. The molecule has 0 radical (unpaired) electrons. The molecule has 17 nitrogen and oxygen atoms in total. The number of nitrogens with zero attached hydrogens (tertiary/aromatic N) is 4. The number of carboxylic acid groups (broad SMARTS) is 2. The maximum absolute atomic E-state index is 14.2. The molecule has 5 aliphatic rings. The Labute approximate surface area is 410 Å². The Morgan fingerprint density at radius 3 is 2.53 bits per heavy atom. The third-order valence-electron chi connectivity index (χ3n) is 15.0. The molecule has 20 heteroatoms. The van der Waals surface area contributed by atoms with Crippen LogP contribution in [-0.4, -0.2) is 102 Å². The highest BCUT2D eigenvalue weighted by atomic mass is 35.5. The van der Waals surface area contributed by atoms with Gasteiger partial charge < -0.3 is 29.6 Å². The zero-order valence-corrected chi connectivity index (χ0v) is 40.3. The Morgan fingerprint density at radius 1 is 1.01 bits per heavy atom. The molecule has 4 fully saturated rings. The molecule has 1 aliphatic carbocycles. The highest BCUT2D eigenvalue weighted by Crippen LogP contribution is 2.54. The number of sulfonamides is 1. The fraction of sp³-hybridized carbons (Fsp3) is 0.360. The van der Waals surface area contributed by atoms with Crippen LogP contribution in [0.1, 0.15) is 83.0 Å². The quantitative estimate of drug-likeness (QED) is 0.0813. The van der Waals surface area contributed by atoms with E-state index in [1.807, 2.05) is 36.4 Å². The van der Waals surface area contributed by atoms with Gasteiger partial charge >= 0.3 is 11.9 Å². The van der Waals surface area contributed by atoms with E-state index in [-0.39, 0.29) is 75.4 Å². The second-order valence-electron chi connectivity index (χ2n) is 19.3. The summed E-state index contributed by atoms with van der Waals surface area (Å²) in [6.07, 6.45) is 2.63. The van der Waals surface area contributed by atoms with Gasteiger partial charge in [0.25, 0.3) is 11.9 Å². The minimum Gasteiger partial charge on any atom is -0.479 e. The number of amides is 3. The van der Waals surface area contributed by atoms with Gasteiger partial charge in [-0.05, 0) is 101 Å². The molecular formula is C50H47ClN6O11S2. The van der Waals surface area contributed by atoms with Gasteiger partial charge in [0.2, 0.25) is 21.8 Å². The number of carboxylic acids is 2. The average molecular weight is 1010 g/mol. The lowest BCUT2D eigenvalue weighted by Crippen LogP contribution is -2.53. The highest BCUT2D eigenvalue weighted by molar-refractivity contribution is 7.88. The lowest BCUT2D eigenvalue weighted by Gasteiger charge is -2.32. The summed E-state index contributed by atoms with van der Waals surface area (Å²) in [6.45, 7) is 5.14. The summed E-state index contributed by atoms with van der Waals surface area (Å²) in [6, 6.07) is 21.8. The number of imide groups is 1. The van der Waals surface area contributed by atoms with Crippen molar-refractivity contribution >= 4 is 102 Å². The van der Waals surface area contributed by atoms with E-state index in [0.29, 0.717) is 70.4 Å². The van der Waals surface area contributed by atoms with Crippen LogP contribution in [0.3, 0.4) is 0 Å². The first-order valence-electron chi connectivity index (χ1n) is 23.1. The maximum atomic E-state index is 14.2. The molecular weight excluding hydrogens is 960 g/mol. The first-order chi connectivity index (χ1) is 33.5. The summed E-state index contributed by atoms with van der Waals surface area (Å²) in [5, 5.41) is 26.7. The summed E-state index contributed by atoms with van der Waals surface area (Å²) in [5.41, 5.74) is 5.15. The van der Waals surface area contributed by atoms with Crippen LogP contribution in [0.5, 0.6) is 5.75 Å². The molecule has 4 aromatic carbocycles. The van der Waals surface area contributed by atoms with Gasteiger partial charge in [-0.25, -0.2) is 18.0 Å². The van der Waals surface area contributed by atoms with Crippen LogP contribution in [0.25, 0.3) is 32.3 Å². The van der Waals surface area contributed by atoms with Crippen LogP contribution >= 0.6 is 22.9 Å². The molecule has 0 spiro atoms. The predicted octanol–water partition coefficient (Wildman–Crippen LogP) is 7.71. The smallest absolute Gasteiger partial charge is 0.349 e. The van der Waals surface area contributed by atoms with Crippen molar-refractivity contribution < 1.29 is 51.8 Å². The van der Waals surface area contributed by atoms with Crippen molar-refractivity contribution in [2.45, 2.75) is 75.7 Å². The molecule has 1 saturated carbocycles. The largest absolute Gasteiger partial charge is 0.479 e. The first kappa shape index (κ1) is 45.9. The Hall–Kier alpha value is -6.54. The van der Waals surface area contributed by atoms with Gasteiger partial charge in [-0.1, -0.05) is 61.8 Å². The Balaban J connectivity index is 0.742. The Morgan fingerprint density at radius 2 is 1.80 bits per heavy atom. The molecule has 70 heavy (non-hydrogen) atoms. The minimum atomic E-state index is -3.75. The van der Waals surface area contributed by atoms with Gasteiger partial charge in [0.15, 0.2) is 22.8 Å². The number of halogens is 1. The Kier molecular flexibility index (Phi) is 11.2. The number of piperidine rings is 3. The van der Waals surface area contributed by atoms with Crippen molar-refractivity contribution in [3.63, 3.8) is 0 Å². The van der Waals surface area contributed by atoms with Crippen molar-refractivity contribution in [1.29, 1.82) is 0 Å². The number of thiophene rings is 1. The van der Waals surface area contributed by atoms with Crippen molar-refractivity contribution in [3.8, 4) is 16.2 Å². The van der Waals surface area contributed by atoms with Crippen LogP contribution in [0.2, 0.25) is 5.02 Å². The number of oxazole rings is 1. The summed E-state index contributed by atoms with van der Waals surface area (Å²) in [4.78, 5) is 70.2. The third kappa shape index (κ3) is 7.73.